The van der Waals surface area contributed by atoms with Gasteiger partial charge in [0.1, 0.15) is 5.38 Å². The second-order valence-corrected chi connectivity index (χ2v) is 5.81. The third-order valence-electron chi connectivity index (χ3n) is 2.75. The fourth-order valence-electron chi connectivity index (χ4n) is 1.70. The first-order valence-corrected chi connectivity index (χ1v) is 7.29. The first-order valence-electron chi connectivity index (χ1n) is 5.69. The van der Waals surface area contributed by atoms with Gasteiger partial charge in [-0.2, -0.15) is 11.8 Å². The van der Waals surface area contributed by atoms with Gasteiger partial charge in [-0.15, -0.1) is 11.6 Å². The summed E-state index contributed by atoms with van der Waals surface area (Å²) in [4.78, 5) is 22.6. The van der Waals surface area contributed by atoms with Crippen molar-refractivity contribution in [2.45, 2.75) is 24.6 Å². The molecule has 0 aromatic heterocycles. The van der Waals surface area contributed by atoms with Crippen LogP contribution in [0.5, 0.6) is 0 Å². The van der Waals surface area contributed by atoms with Crippen LogP contribution < -0.4 is 5.32 Å². The van der Waals surface area contributed by atoms with Crippen molar-refractivity contribution in [3.63, 3.8) is 0 Å². The molecule has 1 amide bonds. The molecule has 0 saturated carbocycles. The van der Waals surface area contributed by atoms with Crippen LogP contribution in [0.4, 0.5) is 0 Å². The van der Waals surface area contributed by atoms with Crippen molar-refractivity contribution in [3.05, 3.63) is 0 Å². The van der Waals surface area contributed by atoms with E-state index in [1.807, 2.05) is 11.8 Å². The minimum absolute atomic E-state index is 0.0311. The molecule has 1 fully saturated rings. The number of halogens is 1. The first-order chi connectivity index (χ1) is 8.13. The number of esters is 1. The lowest BCUT2D eigenvalue weighted by molar-refractivity contribution is -0.140. The van der Waals surface area contributed by atoms with Crippen molar-refractivity contribution >= 4 is 35.2 Å². The number of hydrogen-bond acceptors (Lipinski definition) is 4. The van der Waals surface area contributed by atoms with Gasteiger partial charge in [-0.05, 0) is 30.3 Å². The smallest absolute Gasteiger partial charge is 0.325 e. The molecule has 0 aromatic carbocycles. The largest absolute Gasteiger partial charge is 0.468 e. The quantitative estimate of drug-likeness (QED) is 0.611. The molecular weight excluding hydrogens is 262 g/mol. The van der Waals surface area contributed by atoms with Crippen LogP contribution in [-0.2, 0) is 14.3 Å². The lowest BCUT2D eigenvalue weighted by Crippen LogP contribution is -2.35. The first kappa shape index (κ1) is 14.6. The van der Waals surface area contributed by atoms with Gasteiger partial charge in [0, 0.05) is 13.0 Å². The van der Waals surface area contributed by atoms with E-state index in [2.05, 4.69) is 10.1 Å². The molecule has 1 heterocycles. The Morgan fingerprint density at radius 2 is 2.12 bits per heavy atom. The van der Waals surface area contributed by atoms with Crippen molar-refractivity contribution in [2.75, 3.05) is 25.2 Å². The molecule has 0 aliphatic carbocycles. The zero-order chi connectivity index (χ0) is 12.7. The number of thioether (sulfide) groups is 1. The lowest BCUT2D eigenvalue weighted by atomic mass is 9.98. The van der Waals surface area contributed by atoms with Gasteiger partial charge in [-0.1, -0.05) is 0 Å². The van der Waals surface area contributed by atoms with E-state index in [0.717, 1.165) is 24.3 Å². The Balaban J connectivity index is 2.18. The highest BCUT2D eigenvalue weighted by Gasteiger charge is 2.20. The number of carbonyl (C=O) groups is 2. The maximum absolute atomic E-state index is 11.6. The minimum atomic E-state index is -0.800. The molecule has 1 aliphatic rings. The summed E-state index contributed by atoms with van der Waals surface area (Å²) < 4.78 is 4.47. The fraction of sp³-hybridized carbons (Fsp3) is 0.818. The second kappa shape index (κ2) is 7.82. The third kappa shape index (κ3) is 5.64. The van der Waals surface area contributed by atoms with Crippen LogP contribution in [0, 0.1) is 5.92 Å². The van der Waals surface area contributed by atoms with Crippen LogP contribution >= 0.6 is 23.4 Å². The number of hydrogen-bond donors (Lipinski definition) is 1. The molecule has 1 saturated heterocycles. The monoisotopic (exact) mass is 279 g/mol. The van der Waals surface area contributed by atoms with E-state index in [0.29, 0.717) is 12.3 Å². The van der Waals surface area contributed by atoms with Gasteiger partial charge in [0.15, 0.2) is 0 Å². The van der Waals surface area contributed by atoms with Crippen molar-refractivity contribution < 1.29 is 14.3 Å². The van der Waals surface area contributed by atoms with Gasteiger partial charge < -0.3 is 10.1 Å². The molecule has 0 radical (unpaired) electrons. The Morgan fingerprint density at radius 3 is 2.71 bits per heavy atom. The Kier molecular flexibility index (Phi) is 6.73. The fourth-order valence-corrected chi connectivity index (χ4v) is 3.07. The summed E-state index contributed by atoms with van der Waals surface area (Å²) >= 11 is 7.66. The van der Waals surface area contributed by atoms with Crippen molar-refractivity contribution in [1.29, 1.82) is 0 Å². The Bertz CT molecular complexity index is 269. The van der Waals surface area contributed by atoms with E-state index in [9.17, 15) is 9.59 Å². The Hall–Kier alpha value is -0.420. The Morgan fingerprint density at radius 1 is 1.47 bits per heavy atom. The number of methoxy groups -OCH3 is 1. The number of amides is 1. The van der Waals surface area contributed by atoms with Gasteiger partial charge >= 0.3 is 5.97 Å². The average molecular weight is 280 g/mol. The van der Waals surface area contributed by atoms with Crippen LogP contribution in [0.15, 0.2) is 0 Å². The van der Waals surface area contributed by atoms with E-state index in [-0.39, 0.29) is 12.5 Å². The van der Waals surface area contributed by atoms with E-state index in [1.165, 1.54) is 7.11 Å². The van der Waals surface area contributed by atoms with Crippen molar-refractivity contribution in [1.82, 2.24) is 5.32 Å². The molecule has 0 aromatic rings. The summed E-state index contributed by atoms with van der Waals surface area (Å²) in [5, 5.41) is 1.87. The maximum Gasteiger partial charge on any atom is 0.325 e. The Labute approximate surface area is 111 Å². The minimum Gasteiger partial charge on any atom is -0.468 e. The van der Waals surface area contributed by atoms with E-state index in [4.69, 9.17) is 11.6 Å². The number of ether oxygens (including phenoxy) is 1. The molecule has 1 aliphatic heterocycles. The number of nitrogens with one attached hydrogen (secondary N) is 1. The number of rotatable bonds is 5. The second-order valence-electron chi connectivity index (χ2n) is 4.05. The molecule has 6 heteroatoms. The van der Waals surface area contributed by atoms with Gasteiger partial charge in [0.05, 0.1) is 7.11 Å². The topological polar surface area (TPSA) is 55.4 Å². The molecule has 0 bridgehead atoms. The van der Waals surface area contributed by atoms with E-state index < -0.39 is 11.3 Å². The van der Waals surface area contributed by atoms with Crippen LogP contribution in [0.25, 0.3) is 0 Å². The van der Waals surface area contributed by atoms with Crippen molar-refractivity contribution in [2.24, 2.45) is 5.92 Å². The highest BCUT2D eigenvalue weighted by molar-refractivity contribution is 7.99. The van der Waals surface area contributed by atoms with Gasteiger partial charge in [-0.3, -0.25) is 9.59 Å². The van der Waals surface area contributed by atoms with Crippen LogP contribution in [0.2, 0.25) is 0 Å². The number of alkyl halides is 1. The number of carbonyl (C=O) groups excluding carboxylic acids is 2. The molecule has 0 spiro atoms. The van der Waals surface area contributed by atoms with E-state index in [1.54, 1.807) is 0 Å². The average Bonchev–Trinajstić information content (AvgIpc) is 2.36. The predicted octanol–water partition coefficient (Wildman–Crippen LogP) is 1.42. The molecule has 1 atom stereocenters. The van der Waals surface area contributed by atoms with Gasteiger partial charge in [0.25, 0.3) is 0 Å². The maximum atomic E-state index is 11.6. The summed E-state index contributed by atoms with van der Waals surface area (Å²) in [6.45, 7) is 0.133. The van der Waals surface area contributed by atoms with Gasteiger partial charge in [0.2, 0.25) is 5.91 Å². The van der Waals surface area contributed by atoms with Gasteiger partial charge in [-0.25, -0.2) is 0 Å². The summed E-state index contributed by atoms with van der Waals surface area (Å²) in [5.41, 5.74) is 0. The normalized spacial score (nSPS) is 18.5. The summed E-state index contributed by atoms with van der Waals surface area (Å²) in [5.74, 6) is 2.21. The molecule has 17 heavy (non-hydrogen) atoms. The standard InChI is InChI=1S/C11H18ClNO3S/c1-16-11(15)9(12)7-13-10(14)6-8-2-4-17-5-3-8/h8-9H,2-7H2,1H3,(H,13,14). The van der Waals surface area contributed by atoms with Crippen LogP contribution in [0.3, 0.4) is 0 Å². The van der Waals surface area contributed by atoms with Crippen LogP contribution in [0.1, 0.15) is 19.3 Å². The van der Waals surface area contributed by atoms with Crippen molar-refractivity contribution in [3.8, 4) is 0 Å². The highest BCUT2D eigenvalue weighted by atomic mass is 35.5. The highest BCUT2D eigenvalue weighted by Crippen LogP contribution is 2.24. The molecule has 1 N–H and O–H groups in total. The molecular formula is C11H18ClNO3S. The lowest BCUT2D eigenvalue weighted by Gasteiger charge is -2.20. The molecule has 1 rings (SSSR count). The summed E-state index contributed by atoms with van der Waals surface area (Å²) in [6, 6.07) is 0. The predicted molar refractivity (Wildman–Crippen MR) is 69.3 cm³/mol. The van der Waals surface area contributed by atoms with Crippen LogP contribution in [-0.4, -0.2) is 42.4 Å². The van der Waals surface area contributed by atoms with E-state index >= 15 is 0 Å². The SMILES string of the molecule is COC(=O)C(Cl)CNC(=O)CC1CCSCC1. The molecule has 98 valence electrons. The summed E-state index contributed by atoms with van der Waals surface area (Å²) in [7, 11) is 1.28. The summed E-state index contributed by atoms with van der Waals surface area (Å²) in [6.07, 6.45) is 2.73. The molecule has 4 nitrogen and oxygen atoms in total. The zero-order valence-electron chi connectivity index (χ0n) is 9.91. The zero-order valence-corrected chi connectivity index (χ0v) is 11.5. The third-order valence-corrected chi connectivity index (χ3v) is 4.13. The molecule has 1 unspecified atom stereocenters.